The van der Waals surface area contributed by atoms with Crippen LogP contribution in [0.25, 0.3) is 10.9 Å². The number of rotatable bonds is 8. The fourth-order valence-corrected chi connectivity index (χ4v) is 4.03. The Morgan fingerprint density at radius 3 is 2.50 bits per heavy atom. The number of halogens is 2. The fraction of sp³-hybridized carbons (Fsp3) is 0.160. The van der Waals surface area contributed by atoms with Crippen LogP contribution in [0.4, 0.5) is 11.5 Å². The zero-order valence-corrected chi connectivity index (χ0v) is 19.7. The maximum Gasteiger partial charge on any atom is 0.231 e. The Balaban J connectivity index is 1.52. The molecule has 2 amide bonds. The summed E-state index contributed by atoms with van der Waals surface area (Å²) >= 11 is 12.2. The van der Waals surface area contributed by atoms with Crippen LogP contribution in [0.5, 0.6) is 0 Å². The molecule has 9 heteroatoms. The van der Waals surface area contributed by atoms with Crippen molar-refractivity contribution in [2.24, 2.45) is 5.73 Å². The van der Waals surface area contributed by atoms with E-state index in [4.69, 9.17) is 28.9 Å². The van der Waals surface area contributed by atoms with Crippen LogP contribution in [0, 0.1) is 0 Å². The summed E-state index contributed by atoms with van der Waals surface area (Å²) in [4.78, 5) is 25.6. The smallest absolute Gasteiger partial charge is 0.231 e. The number of amides is 2. The van der Waals surface area contributed by atoms with Crippen molar-refractivity contribution in [2.75, 3.05) is 17.2 Å². The van der Waals surface area contributed by atoms with Gasteiger partial charge in [0.15, 0.2) is 5.82 Å². The van der Waals surface area contributed by atoms with Gasteiger partial charge in [-0.2, -0.15) is 5.10 Å². The molecule has 0 spiro atoms. The van der Waals surface area contributed by atoms with Crippen LogP contribution in [-0.2, 0) is 16.0 Å². The zero-order valence-electron chi connectivity index (χ0n) is 18.1. The molecular formula is C25H23Cl2N5O2. The highest BCUT2D eigenvalue weighted by molar-refractivity contribution is 6.42. The molecule has 3 aromatic carbocycles. The van der Waals surface area contributed by atoms with Gasteiger partial charge < -0.3 is 16.4 Å². The van der Waals surface area contributed by atoms with E-state index >= 15 is 0 Å². The Morgan fingerprint density at radius 2 is 1.76 bits per heavy atom. The second-order valence-corrected chi connectivity index (χ2v) is 8.65. The molecule has 4 rings (SSSR count). The first kappa shape index (κ1) is 23.8. The second-order valence-electron chi connectivity index (χ2n) is 7.84. The molecule has 1 unspecified atom stereocenters. The molecule has 174 valence electrons. The molecule has 0 saturated carbocycles. The van der Waals surface area contributed by atoms with Crippen LogP contribution in [0.3, 0.4) is 0 Å². The zero-order chi connectivity index (χ0) is 24.1. The number of carbonyl (C=O) groups is 2. The average Bonchev–Trinajstić information content (AvgIpc) is 3.21. The van der Waals surface area contributed by atoms with Crippen LogP contribution in [-0.4, -0.2) is 28.6 Å². The molecule has 1 atom stereocenters. The first-order valence-electron chi connectivity index (χ1n) is 10.7. The molecule has 0 aliphatic heterocycles. The SMILES string of the molecule is NCCC(C(=O)Nc1ccc2[nH]nc(NC(=O)Cc3ccccc3)c2c1)c1ccc(Cl)c(Cl)c1. The van der Waals surface area contributed by atoms with E-state index in [0.29, 0.717) is 39.9 Å². The minimum Gasteiger partial charge on any atom is -0.330 e. The van der Waals surface area contributed by atoms with Gasteiger partial charge in [0, 0.05) is 11.1 Å². The number of nitrogens with one attached hydrogen (secondary N) is 3. The lowest BCUT2D eigenvalue weighted by molar-refractivity contribution is -0.118. The maximum atomic E-state index is 13.1. The highest BCUT2D eigenvalue weighted by Crippen LogP contribution is 2.30. The summed E-state index contributed by atoms with van der Waals surface area (Å²) in [5.74, 6) is -0.502. The molecule has 7 nitrogen and oxygen atoms in total. The Bertz CT molecular complexity index is 1320. The highest BCUT2D eigenvalue weighted by Gasteiger charge is 2.21. The average molecular weight is 496 g/mol. The summed E-state index contributed by atoms with van der Waals surface area (Å²) in [5, 5.41) is 14.4. The fourth-order valence-electron chi connectivity index (χ4n) is 3.72. The maximum absolute atomic E-state index is 13.1. The molecule has 0 bridgehead atoms. The molecule has 0 saturated heterocycles. The number of H-pyrrole nitrogens is 1. The number of hydrogen-bond acceptors (Lipinski definition) is 4. The molecule has 0 radical (unpaired) electrons. The van der Waals surface area contributed by atoms with Crippen molar-refractivity contribution in [3.05, 3.63) is 87.9 Å². The predicted molar refractivity (Wildman–Crippen MR) is 136 cm³/mol. The third-order valence-electron chi connectivity index (χ3n) is 5.41. The molecule has 1 heterocycles. The highest BCUT2D eigenvalue weighted by atomic mass is 35.5. The van der Waals surface area contributed by atoms with Gasteiger partial charge in [-0.1, -0.05) is 59.6 Å². The van der Waals surface area contributed by atoms with Crippen LogP contribution in [0.1, 0.15) is 23.5 Å². The van der Waals surface area contributed by atoms with Gasteiger partial charge >= 0.3 is 0 Å². The molecular weight excluding hydrogens is 473 g/mol. The van der Waals surface area contributed by atoms with Gasteiger partial charge in [-0.25, -0.2) is 0 Å². The van der Waals surface area contributed by atoms with E-state index in [0.717, 1.165) is 16.6 Å². The quantitative estimate of drug-likeness (QED) is 0.271. The largest absolute Gasteiger partial charge is 0.330 e. The minimum absolute atomic E-state index is 0.184. The van der Waals surface area contributed by atoms with Crippen LogP contribution in [0.15, 0.2) is 66.7 Å². The summed E-state index contributed by atoms with van der Waals surface area (Å²) in [5.41, 5.74) is 8.69. The molecule has 5 N–H and O–H groups in total. The lowest BCUT2D eigenvalue weighted by Crippen LogP contribution is -2.23. The van der Waals surface area contributed by atoms with Gasteiger partial charge in [0.05, 0.1) is 27.9 Å². The molecule has 34 heavy (non-hydrogen) atoms. The van der Waals surface area contributed by atoms with Crippen LogP contribution in [0.2, 0.25) is 10.0 Å². The van der Waals surface area contributed by atoms with Crippen molar-refractivity contribution in [2.45, 2.75) is 18.8 Å². The van der Waals surface area contributed by atoms with Crippen molar-refractivity contribution in [1.29, 1.82) is 0 Å². The number of fused-ring (bicyclic) bond motifs is 1. The van der Waals surface area contributed by atoms with Crippen molar-refractivity contribution >= 4 is 57.4 Å². The molecule has 1 aromatic heterocycles. The van der Waals surface area contributed by atoms with E-state index in [2.05, 4.69) is 20.8 Å². The van der Waals surface area contributed by atoms with E-state index in [1.165, 1.54) is 0 Å². The Hall–Kier alpha value is -3.39. The summed E-state index contributed by atoms with van der Waals surface area (Å²) in [7, 11) is 0. The van der Waals surface area contributed by atoms with Crippen molar-refractivity contribution in [3.8, 4) is 0 Å². The van der Waals surface area contributed by atoms with E-state index in [-0.39, 0.29) is 18.2 Å². The Kier molecular flexibility index (Phi) is 7.47. The molecule has 0 fully saturated rings. The number of anilines is 2. The lowest BCUT2D eigenvalue weighted by Gasteiger charge is -2.17. The van der Waals surface area contributed by atoms with Crippen molar-refractivity contribution in [3.63, 3.8) is 0 Å². The number of aromatic nitrogens is 2. The number of benzene rings is 3. The Labute approximate surface area is 206 Å². The summed E-state index contributed by atoms with van der Waals surface area (Å²) in [6.45, 7) is 0.330. The van der Waals surface area contributed by atoms with Gasteiger partial charge in [-0.3, -0.25) is 14.7 Å². The monoisotopic (exact) mass is 495 g/mol. The topological polar surface area (TPSA) is 113 Å². The van der Waals surface area contributed by atoms with Gasteiger partial charge in [-0.15, -0.1) is 0 Å². The van der Waals surface area contributed by atoms with Crippen molar-refractivity contribution < 1.29 is 9.59 Å². The van der Waals surface area contributed by atoms with E-state index in [1.54, 1.807) is 36.4 Å². The van der Waals surface area contributed by atoms with Gasteiger partial charge in [0.1, 0.15) is 0 Å². The third-order valence-corrected chi connectivity index (χ3v) is 6.15. The van der Waals surface area contributed by atoms with Gasteiger partial charge in [0.25, 0.3) is 0 Å². The normalized spacial score (nSPS) is 11.9. The molecule has 0 aliphatic rings. The standard InChI is InChI=1S/C25H23Cl2N5O2/c26-20-8-6-16(13-21(20)27)18(10-11-28)25(34)29-17-7-9-22-19(14-17)24(32-31-22)30-23(33)12-15-4-2-1-3-5-15/h1-9,13-14,18H,10-12,28H2,(H,29,34)(H2,30,31,32,33). The summed E-state index contributed by atoms with van der Waals surface area (Å²) < 4.78 is 0. The number of nitrogens with two attached hydrogens (primary N) is 1. The molecule has 4 aromatic rings. The van der Waals surface area contributed by atoms with Crippen LogP contribution >= 0.6 is 23.2 Å². The number of aromatic amines is 1. The number of carbonyl (C=O) groups excluding carboxylic acids is 2. The minimum atomic E-state index is -0.496. The van der Waals surface area contributed by atoms with E-state index in [1.807, 2.05) is 30.3 Å². The predicted octanol–water partition coefficient (Wildman–Crippen LogP) is 5.12. The van der Waals surface area contributed by atoms with Crippen LogP contribution < -0.4 is 16.4 Å². The second kappa shape index (κ2) is 10.7. The lowest BCUT2D eigenvalue weighted by atomic mass is 9.94. The summed E-state index contributed by atoms with van der Waals surface area (Å²) in [6.07, 6.45) is 0.675. The summed E-state index contributed by atoms with van der Waals surface area (Å²) in [6, 6.07) is 19.9. The van der Waals surface area contributed by atoms with Crippen molar-refractivity contribution in [1.82, 2.24) is 10.2 Å². The number of nitrogens with zero attached hydrogens (tertiary/aromatic N) is 1. The van der Waals surface area contributed by atoms with E-state index < -0.39 is 5.92 Å². The van der Waals surface area contributed by atoms with Gasteiger partial charge in [0.2, 0.25) is 11.8 Å². The third kappa shape index (κ3) is 5.56. The number of hydrogen-bond donors (Lipinski definition) is 4. The van der Waals surface area contributed by atoms with E-state index in [9.17, 15) is 9.59 Å². The van der Waals surface area contributed by atoms with Gasteiger partial charge in [-0.05, 0) is 54.4 Å². The Morgan fingerprint density at radius 1 is 0.971 bits per heavy atom. The molecule has 0 aliphatic carbocycles. The first-order valence-corrected chi connectivity index (χ1v) is 11.5. The first-order chi connectivity index (χ1) is 16.4.